The maximum Gasteiger partial charge on any atom is 0.176 e. The van der Waals surface area contributed by atoms with Crippen LogP contribution in [0.15, 0.2) is 24.3 Å². The Kier molecular flexibility index (Phi) is 3.00. The highest BCUT2D eigenvalue weighted by atomic mass is 35.5. The third kappa shape index (κ3) is 2.05. The molecule has 4 rings (SSSR count). The van der Waals surface area contributed by atoms with Crippen LogP contribution >= 0.6 is 11.6 Å². The van der Waals surface area contributed by atoms with E-state index in [-0.39, 0.29) is 0 Å². The first kappa shape index (κ1) is 12.9. The molecule has 1 saturated carbocycles. The number of aryl methyl sites for hydroxylation is 1. The molecule has 0 bridgehead atoms. The monoisotopic (exact) mass is 300 g/mol. The smallest absolute Gasteiger partial charge is 0.176 e. The highest BCUT2D eigenvalue weighted by Crippen LogP contribution is 2.30. The Labute approximate surface area is 128 Å². The minimum atomic E-state index is 0.520. The molecule has 2 heterocycles. The lowest BCUT2D eigenvalue weighted by molar-refractivity contribution is 0.752. The van der Waals surface area contributed by atoms with Gasteiger partial charge in [-0.25, -0.2) is 9.50 Å². The van der Waals surface area contributed by atoms with Gasteiger partial charge in [-0.2, -0.15) is 5.10 Å². The van der Waals surface area contributed by atoms with Crippen molar-refractivity contribution >= 4 is 34.0 Å². The third-order valence-corrected chi connectivity index (χ3v) is 4.71. The molecule has 0 aliphatic heterocycles. The van der Waals surface area contributed by atoms with Gasteiger partial charge in [0.25, 0.3) is 0 Å². The van der Waals surface area contributed by atoms with Crippen molar-refractivity contribution in [3.8, 4) is 0 Å². The Hall–Kier alpha value is -1.81. The summed E-state index contributed by atoms with van der Waals surface area (Å²) in [5, 5.41) is 9.84. The summed E-state index contributed by atoms with van der Waals surface area (Å²) in [6.07, 6.45) is 5.02. The number of fused-ring (bicyclic) bond motifs is 3. The topological polar surface area (TPSA) is 42.2 Å². The lowest BCUT2D eigenvalue weighted by atomic mass is 10.2. The summed E-state index contributed by atoms with van der Waals surface area (Å²) in [5.41, 5.74) is 2.58. The molecule has 108 valence electrons. The molecule has 1 aliphatic rings. The van der Waals surface area contributed by atoms with Gasteiger partial charge in [-0.1, -0.05) is 36.6 Å². The Bertz CT molecular complexity index is 818. The number of nitrogens with one attached hydrogen (secondary N) is 1. The first-order chi connectivity index (χ1) is 10.2. The van der Waals surface area contributed by atoms with Gasteiger partial charge >= 0.3 is 0 Å². The molecular weight excluding hydrogens is 284 g/mol. The first-order valence-electron chi connectivity index (χ1n) is 7.44. The molecule has 21 heavy (non-hydrogen) atoms. The molecule has 0 radical (unpaired) electrons. The highest BCUT2D eigenvalue weighted by molar-refractivity contribution is 6.34. The first-order valence-corrected chi connectivity index (χ1v) is 7.82. The van der Waals surface area contributed by atoms with Gasteiger partial charge in [-0.05, 0) is 31.9 Å². The summed E-state index contributed by atoms with van der Waals surface area (Å²) in [6, 6.07) is 8.72. The van der Waals surface area contributed by atoms with Crippen LogP contribution in [0.4, 0.5) is 5.82 Å². The molecule has 3 aromatic rings. The molecule has 0 spiro atoms. The Balaban J connectivity index is 1.96. The molecule has 2 aromatic heterocycles. The van der Waals surface area contributed by atoms with Crippen molar-refractivity contribution in [2.24, 2.45) is 0 Å². The van der Waals surface area contributed by atoms with Crippen molar-refractivity contribution in [2.45, 2.75) is 38.6 Å². The molecule has 5 heteroatoms. The average Bonchev–Trinajstić information content (AvgIpc) is 3.10. The summed E-state index contributed by atoms with van der Waals surface area (Å²) in [6.45, 7) is 1.91. The zero-order valence-corrected chi connectivity index (χ0v) is 12.7. The highest BCUT2D eigenvalue weighted by Gasteiger charge is 2.19. The predicted octanol–water partition coefficient (Wildman–Crippen LogP) is 4.20. The van der Waals surface area contributed by atoms with Crippen LogP contribution in [-0.4, -0.2) is 20.6 Å². The summed E-state index contributed by atoms with van der Waals surface area (Å²) in [5.74, 6) is 0.923. The maximum absolute atomic E-state index is 6.36. The van der Waals surface area contributed by atoms with E-state index in [2.05, 4.69) is 22.5 Å². The molecular formula is C16H17ClN4. The Morgan fingerprint density at radius 2 is 2.00 bits per heavy atom. The van der Waals surface area contributed by atoms with Crippen molar-refractivity contribution in [1.82, 2.24) is 14.6 Å². The lowest BCUT2D eigenvalue weighted by Gasteiger charge is -2.15. The van der Waals surface area contributed by atoms with E-state index in [0.717, 1.165) is 28.1 Å². The molecule has 1 aliphatic carbocycles. The number of rotatable bonds is 2. The van der Waals surface area contributed by atoms with Crippen molar-refractivity contribution < 1.29 is 0 Å². The Morgan fingerprint density at radius 3 is 2.81 bits per heavy atom. The van der Waals surface area contributed by atoms with Crippen molar-refractivity contribution in [2.75, 3.05) is 5.32 Å². The SMILES string of the molecule is Cc1nn2c(nc(NC3CCCC3)c3ccccc32)c1Cl. The van der Waals surface area contributed by atoms with Crippen LogP contribution in [0.2, 0.25) is 5.02 Å². The molecule has 1 aromatic carbocycles. The van der Waals surface area contributed by atoms with E-state index in [0.29, 0.717) is 11.1 Å². The van der Waals surface area contributed by atoms with Gasteiger partial charge in [0.1, 0.15) is 10.8 Å². The van der Waals surface area contributed by atoms with Gasteiger partial charge in [-0.15, -0.1) is 0 Å². The van der Waals surface area contributed by atoms with Gasteiger partial charge in [0.2, 0.25) is 0 Å². The number of anilines is 1. The van der Waals surface area contributed by atoms with E-state index in [1.165, 1.54) is 25.7 Å². The van der Waals surface area contributed by atoms with Gasteiger partial charge in [-0.3, -0.25) is 0 Å². The van der Waals surface area contributed by atoms with E-state index in [9.17, 15) is 0 Å². The van der Waals surface area contributed by atoms with E-state index in [1.54, 1.807) is 0 Å². The van der Waals surface area contributed by atoms with Crippen LogP contribution in [0, 0.1) is 6.92 Å². The minimum absolute atomic E-state index is 0.520. The second-order valence-electron chi connectivity index (χ2n) is 5.74. The van der Waals surface area contributed by atoms with Gasteiger partial charge < -0.3 is 5.32 Å². The van der Waals surface area contributed by atoms with Crippen LogP contribution < -0.4 is 5.32 Å². The zero-order chi connectivity index (χ0) is 14.4. The number of halogens is 1. The van der Waals surface area contributed by atoms with Crippen LogP contribution in [0.5, 0.6) is 0 Å². The Morgan fingerprint density at radius 1 is 1.24 bits per heavy atom. The molecule has 0 unspecified atom stereocenters. The third-order valence-electron chi connectivity index (χ3n) is 4.27. The van der Waals surface area contributed by atoms with Crippen molar-refractivity contribution in [3.05, 3.63) is 35.0 Å². The summed E-state index contributed by atoms with van der Waals surface area (Å²) < 4.78 is 1.84. The summed E-state index contributed by atoms with van der Waals surface area (Å²) in [4.78, 5) is 4.74. The van der Waals surface area contributed by atoms with Gasteiger partial charge in [0.05, 0.1) is 11.2 Å². The summed E-state index contributed by atoms with van der Waals surface area (Å²) >= 11 is 6.36. The number of hydrogen-bond acceptors (Lipinski definition) is 3. The molecule has 4 nitrogen and oxygen atoms in total. The standard InChI is InChI=1S/C16H17ClN4/c1-10-14(17)16-19-15(18-11-6-2-3-7-11)12-8-4-5-9-13(12)21(16)20-10/h4-5,8-9,11H,2-3,6-7H2,1H3,(H,18,19). The van der Waals surface area contributed by atoms with Crippen molar-refractivity contribution in [3.63, 3.8) is 0 Å². The molecule has 0 atom stereocenters. The second kappa shape index (κ2) is 4.88. The minimum Gasteiger partial charge on any atom is -0.367 e. The fourth-order valence-corrected chi connectivity index (χ4v) is 3.32. The maximum atomic E-state index is 6.36. The molecule has 0 saturated heterocycles. The van der Waals surface area contributed by atoms with Crippen LogP contribution in [0.3, 0.4) is 0 Å². The molecule has 0 amide bonds. The van der Waals surface area contributed by atoms with Crippen LogP contribution in [0.25, 0.3) is 16.6 Å². The fraction of sp³-hybridized carbons (Fsp3) is 0.375. The number of para-hydroxylation sites is 1. The molecule has 1 N–H and O–H groups in total. The number of hydrogen-bond donors (Lipinski definition) is 1. The predicted molar refractivity (Wildman–Crippen MR) is 86.1 cm³/mol. The van der Waals surface area contributed by atoms with Crippen molar-refractivity contribution in [1.29, 1.82) is 0 Å². The van der Waals surface area contributed by atoms with Crippen LogP contribution in [0.1, 0.15) is 31.4 Å². The fourth-order valence-electron chi connectivity index (χ4n) is 3.16. The largest absolute Gasteiger partial charge is 0.367 e. The number of aromatic nitrogens is 3. The lowest BCUT2D eigenvalue weighted by Crippen LogP contribution is -2.16. The second-order valence-corrected chi connectivity index (χ2v) is 6.12. The summed E-state index contributed by atoms with van der Waals surface area (Å²) in [7, 11) is 0. The zero-order valence-electron chi connectivity index (χ0n) is 11.9. The quantitative estimate of drug-likeness (QED) is 0.771. The number of nitrogens with zero attached hydrogens (tertiary/aromatic N) is 3. The van der Waals surface area contributed by atoms with E-state index in [4.69, 9.17) is 16.6 Å². The average molecular weight is 301 g/mol. The van der Waals surface area contributed by atoms with E-state index in [1.807, 2.05) is 23.6 Å². The number of benzene rings is 1. The van der Waals surface area contributed by atoms with Gasteiger partial charge in [0.15, 0.2) is 5.65 Å². The van der Waals surface area contributed by atoms with Gasteiger partial charge in [0, 0.05) is 11.4 Å². The van der Waals surface area contributed by atoms with Crippen LogP contribution in [-0.2, 0) is 0 Å². The van der Waals surface area contributed by atoms with E-state index < -0.39 is 0 Å². The normalized spacial score (nSPS) is 16.1. The molecule has 1 fully saturated rings. The van der Waals surface area contributed by atoms with E-state index >= 15 is 0 Å².